The van der Waals surface area contributed by atoms with Crippen molar-refractivity contribution in [2.45, 2.75) is 13.8 Å². The number of aryl methyl sites for hydroxylation is 2. The SMILES string of the molecule is COc1ccccc1NC(=O)Nc1cc(C)c(Br)c(C)c1. The van der Waals surface area contributed by atoms with Gasteiger partial charge in [0.05, 0.1) is 12.8 Å². The van der Waals surface area contributed by atoms with Gasteiger partial charge in [-0.3, -0.25) is 0 Å². The number of rotatable bonds is 3. The van der Waals surface area contributed by atoms with Crippen molar-refractivity contribution in [3.05, 3.63) is 52.0 Å². The summed E-state index contributed by atoms with van der Waals surface area (Å²) in [5.41, 5.74) is 3.52. The lowest BCUT2D eigenvalue weighted by atomic mass is 10.1. The van der Waals surface area contributed by atoms with Crippen molar-refractivity contribution in [3.8, 4) is 5.75 Å². The van der Waals surface area contributed by atoms with Crippen LogP contribution in [0.1, 0.15) is 11.1 Å². The Morgan fingerprint density at radius 1 is 1.10 bits per heavy atom. The summed E-state index contributed by atoms with van der Waals surface area (Å²) in [5.74, 6) is 0.621. The highest BCUT2D eigenvalue weighted by molar-refractivity contribution is 9.10. The van der Waals surface area contributed by atoms with Crippen LogP contribution in [0.2, 0.25) is 0 Å². The number of halogens is 1. The van der Waals surface area contributed by atoms with Crippen molar-refractivity contribution in [1.29, 1.82) is 0 Å². The van der Waals surface area contributed by atoms with Gasteiger partial charge >= 0.3 is 6.03 Å². The number of hydrogen-bond acceptors (Lipinski definition) is 2. The molecule has 0 aliphatic rings. The summed E-state index contributed by atoms with van der Waals surface area (Å²) in [5, 5.41) is 5.60. The predicted octanol–water partition coefficient (Wildman–Crippen LogP) is 4.72. The van der Waals surface area contributed by atoms with Gasteiger partial charge in [0.2, 0.25) is 0 Å². The Morgan fingerprint density at radius 2 is 1.71 bits per heavy atom. The number of ether oxygens (including phenoxy) is 1. The van der Waals surface area contributed by atoms with E-state index >= 15 is 0 Å². The Hall–Kier alpha value is -2.01. The van der Waals surface area contributed by atoms with Crippen LogP contribution in [-0.4, -0.2) is 13.1 Å². The minimum absolute atomic E-state index is 0.305. The second kappa shape index (κ2) is 6.63. The second-order valence-electron chi connectivity index (χ2n) is 4.70. The minimum Gasteiger partial charge on any atom is -0.495 e. The zero-order chi connectivity index (χ0) is 15.4. The molecular weight excluding hydrogens is 332 g/mol. The number of methoxy groups -OCH3 is 1. The van der Waals surface area contributed by atoms with E-state index in [9.17, 15) is 4.79 Å². The fourth-order valence-corrected chi connectivity index (χ4v) is 2.28. The highest BCUT2D eigenvalue weighted by Crippen LogP contribution is 2.26. The zero-order valence-electron chi connectivity index (χ0n) is 12.2. The molecular formula is C16H17BrN2O2. The van der Waals surface area contributed by atoms with E-state index in [-0.39, 0.29) is 6.03 Å². The first-order valence-electron chi connectivity index (χ1n) is 6.49. The summed E-state index contributed by atoms with van der Waals surface area (Å²) in [7, 11) is 1.57. The monoisotopic (exact) mass is 348 g/mol. The largest absolute Gasteiger partial charge is 0.495 e. The Kier molecular flexibility index (Phi) is 4.85. The number of nitrogens with one attached hydrogen (secondary N) is 2. The standard InChI is InChI=1S/C16H17BrN2O2/c1-10-8-12(9-11(2)15(10)17)18-16(20)19-13-6-4-5-7-14(13)21-3/h4-9H,1-3H3,(H2,18,19,20). The molecule has 5 heteroatoms. The number of benzene rings is 2. The maximum atomic E-state index is 12.1. The van der Waals surface area contributed by atoms with Gasteiger partial charge in [0.1, 0.15) is 5.75 Å². The fourth-order valence-electron chi connectivity index (χ4n) is 2.05. The molecule has 2 amide bonds. The zero-order valence-corrected chi connectivity index (χ0v) is 13.7. The van der Waals surface area contributed by atoms with E-state index in [1.54, 1.807) is 19.2 Å². The summed E-state index contributed by atoms with van der Waals surface area (Å²) in [4.78, 5) is 12.1. The minimum atomic E-state index is -0.305. The normalized spacial score (nSPS) is 10.1. The Labute approximate surface area is 132 Å². The molecule has 0 bridgehead atoms. The van der Waals surface area contributed by atoms with E-state index in [4.69, 9.17) is 4.74 Å². The molecule has 0 saturated heterocycles. The molecule has 2 aromatic rings. The van der Waals surface area contributed by atoms with E-state index in [1.165, 1.54) is 0 Å². The third-order valence-electron chi connectivity index (χ3n) is 3.05. The number of carbonyl (C=O) groups is 1. The third-order valence-corrected chi connectivity index (χ3v) is 4.30. The number of para-hydroxylation sites is 2. The summed E-state index contributed by atoms with van der Waals surface area (Å²) in [6.45, 7) is 3.97. The summed E-state index contributed by atoms with van der Waals surface area (Å²) in [6, 6.07) is 10.8. The molecule has 2 rings (SSSR count). The summed E-state index contributed by atoms with van der Waals surface area (Å²) in [6.07, 6.45) is 0. The molecule has 0 aromatic heterocycles. The highest BCUT2D eigenvalue weighted by atomic mass is 79.9. The average molecular weight is 349 g/mol. The van der Waals surface area contributed by atoms with Crippen LogP contribution < -0.4 is 15.4 Å². The van der Waals surface area contributed by atoms with Crippen molar-refractivity contribution in [2.24, 2.45) is 0 Å². The molecule has 4 nitrogen and oxygen atoms in total. The third kappa shape index (κ3) is 3.76. The van der Waals surface area contributed by atoms with Crippen molar-refractivity contribution in [2.75, 3.05) is 17.7 Å². The number of hydrogen-bond donors (Lipinski definition) is 2. The lowest BCUT2D eigenvalue weighted by molar-refractivity contribution is 0.262. The van der Waals surface area contributed by atoms with Crippen LogP contribution in [0, 0.1) is 13.8 Å². The lowest BCUT2D eigenvalue weighted by Gasteiger charge is -2.12. The first-order chi connectivity index (χ1) is 10.0. The molecule has 0 aliphatic carbocycles. The molecule has 21 heavy (non-hydrogen) atoms. The number of urea groups is 1. The molecule has 0 atom stereocenters. The molecule has 0 radical (unpaired) electrons. The second-order valence-corrected chi connectivity index (χ2v) is 5.50. The van der Waals surface area contributed by atoms with Crippen LogP contribution in [0.3, 0.4) is 0 Å². The molecule has 110 valence electrons. The van der Waals surface area contributed by atoms with Crippen LogP contribution in [-0.2, 0) is 0 Å². The van der Waals surface area contributed by atoms with E-state index in [0.717, 1.165) is 21.3 Å². The van der Waals surface area contributed by atoms with E-state index in [0.29, 0.717) is 11.4 Å². The van der Waals surface area contributed by atoms with Gasteiger partial charge in [0, 0.05) is 10.2 Å². The van der Waals surface area contributed by atoms with Gasteiger partial charge in [0.15, 0.2) is 0 Å². The van der Waals surface area contributed by atoms with Crippen LogP contribution in [0.15, 0.2) is 40.9 Å². The van der Waals surface area contributed by atoms with Gasteiger partial charge < -0.3 is 15.4 Å². The van der Waals surface area contributed by atoms with Crippen LogP contribution in [0.25, 0.3) is 0 Å². The smallest absolute Gasteiger partial charge is 0.323 e. The van der Waals surface area contributed by atoms with Crippen molar-refractivity contribution < 1.29 is 9.53 Å². The maximum absolute atomic E-state index is 12.1. The topological polar surface area (TPSA) is 50.4 Å². The van der Waals surface area contributed by atoms with Gasteiger partial charge in [-0.1, -0.05) is 28.1 Å². The van der Waals surface area contributed by atoms with Crippen molar-refractivity contribution >= 4 is 33.3 Å². The lowest BCUT2D eigenvalue weighted by Crippen LogP contribution is -2.20. The van der Waals surface area contributed by atoms with Crippen LogP contribution in [0.5, 0.6) is 5.75 Å². The maximum Gasteiger partial charge on any atom is 0.323 e. The van der Waals surface area contributed by atoms with Gasteiger partial charge in [-0.05, 0) is 49.2 Å². The molecule has 0 aliphatic heterocycles. The van der Waals surface area contributed by atoms with Gasteiger partial charge in [0.25, 0.3) is 0 Å². The molecule has 0 heterocycles. The Morgan fingerprint density at radius 3 is 2.33 bits per heavy atom. The fraction of sp³-hybridized carbons (Fsp3) is 0.188. The Bertz CT molecular complexity index is 648. The average Bonchev–Trinajstić information content (AvgIpc) is 2.45. The number of carbonyl (C=O) groups excluding carboxylic acids is 1. The van der Waals surface area contributed by atoms with Crippen LogP contribution in [0.4, 0.5) is 16.2 Å². The number of anilines is 2. The van der Waals surface area contributed by atoms with E-state index < -0.39 is 0 Å². The Balaban J connectivity index is 2.12. The quantitative estimate of drug-likeness (QED) is 0.843. The highest BCUT2D eigenvalue weighted by Gasteiger charge is 2.08. The molecule has 0 unspecified atom stereocenters. The van der Waals surface area contributed by atoms with Crippen molar-refractivity contribution in [1.82, 2.24) is 0 Å². The molecule has 0 saturated carbocycles. The molecule has 0 fully saturated rings. The number of amides is 2. The first kappa shape index (κ1) is 15.4. The van der Waals surface area contributed by atoms with Crippen LogP contribution >= 0.6 is 15.9 Å². The van der Waals surface area contributed by atoms with Gasteiger partial charge in [-0.25, -0.2) is 4.79 Å². The van der Waals surface area contributed by atoms with E-state index in [1.807, 2.05) is 38.1 Å². The summed E-state index contributed by atoms with van der Waals surface area (Å²) < 4.78 is 6.26. The van der Waals surface area contributed by atoms with Gasteiger partial charge in [-0.15, -0.1) is 0 Å². The summed E-state index contributed by atoms with van der Waals surface area (Å²) >= 11 is 3.51. The predicted molar refractivity (Wildman–Crippen MR) is 89.3 cm³/mol. The molecule has 2 aromatic carbocycles. The van der Waals surface area contributed by atoms with E-state index in [2.05, 4.69) is 26.6 Å². The first-order valence-corrected chi connectivity index (χ1v) is 7.28. The van der Waals surface area contributed by atoms with Crippen molar-refractivity contribution in [3.63, 3.8) is 0 Å². The van der Waals surface area contributed by atoms with Gasteiger partial charge in [-0.2, -0.15) is 0 Å². The molecule has 0 spiro atoms. The molecule has 2 N–H and O–H groups in total.